The molecular formula is C32H28N2O7. The fraction of sp³-hybridized carbons (Fsp3) is 0.156. The van der Waals surface area contributed by atoms with Crippen LogP contribution in [0.5, 0.6) is 17.4 Å². The van der Waals surface area contributed by atoms with E-state index in [0.29, 0.717) is 47.1 Å². The van der Waals surface area contributed by atoms with Gasteiger partial charge in [-0.2, -0.15) is 0 Å². The lowest BCUT2D eigenvalue weighted by Gasteiger charge is -2.09. The molecule has 4 rings (SSSR count). The predicted molar refractivity (Wildman–Crippen MR) is 153 cm³/mol. The third-order valence-electron chi connectivity index (χ3n) is 5.99. The molecule has 0 radical (unpaired) electrons. The summed E-state index contributed by atoms with van der Waals surface area (Å²) in [7, 11) is 0. The average Bonchev–Trinajstić information content (AvgIpc) is 3.00. The van der Waals surface area contributed by atoms with E-state index >= 15 is 0 Å². The second-order valence-electron chi connectivity index (χ2n) is 8.89. The van der Waals surface area contributed by atoms with Crippen molar-refractivity contribution in [1.82, 2.24) is 4.98 Å². The Labute approximate surface area is 237 Å². The van der Waals surface area contributed by atoms with Gasteiger partial charge in [-0.1, -0.05) is 25.1 Å². The number of esters is 1. The zero-order valence-electron chi connectivity index (χ0n) is 22.4. The Morgan fingerprint density at radius 1 is 0.878 bits per heavy atom. The molecule has 4 aromatic rings. The molecule has 0 saturated carbocycles. The Morgan fingerprint density at radius 2 is 1.59 bits per heavy atom. The normalized spacial score (nSPS) is 10.8. The molecule has 3 aromatic carbocycles. The maximum absolute atomic E-state index is 12.4. The summed E-state index contributed by atoms with van der Waals surface area (Å²) in [5.74, 6) is 0.823. The number of nitro benzene ring substituents is 1. The molecule has 0 spiro atoms. The molecule has 0 atom stereocenters. The lowest BCUT2D eigenvalue weighted by atomic mass is 10.1. The Kier molecular flexibility index (Phi) is 9.92. The van der Waals surface area contributed by atoms with E-state index in [2.05, 4.69) is 11.9 Å². The highest BCUT2D eigenvalue weighted by Gasteiger charge is 2.10. The van der Waals surface area contributed by atoms with Crippen molar-refractivity contribution >= 4 is 23.5 Å². The molecule has 0 aliphatic carbocycles. The summed E-state index contributed by atoms with van der Waals surface area (Å²) in [4.78, 5) is 39.3. The molecule has 0 saturated heterocycles. The number of hydrogen-bond donors (Lipinski definition) is 0. The number of aryl methyl sites for hydroxylation is 1. The van der Waals surface area contributed by atoms with Gasteiger partial charge in [0.15, 0.2) is 5.78 Å². The SMILES string of the molecule is CCc1ccc(Oc2cc(C(=O)OCCCOc3ccc(C(=O)/C=C/c4ccc([N+](=O)[O-])cc4)cc3)ccn2)cc1. The van der Waals surface area contributed by atoms with E-state index in [1.165, 1.54) is 36.0 Å². The molecule has 1 heterocycles. The third-order valence-corrected chi connectivity index (χ3v) is 5.99. The molecule has 0 aliphatic heterocycles. The van der Waals surface area contributed by atoms with Crippen LogP contribution in [0.2, 0.25) is 0 Å². The number of allylic oxidation sites excluding steroid dienone is 1. The van der Waals surface area contributed by atoms with Crippen molar-refractivity contribution in [2.75, 3.05) is 13.2 Å². The van der Waals surface area contributed by atoms with E-state index in [1.807, 2.05) is 24.3 Å². The molecule has 0 fully saturated rings. The molecule has 41 heavy (non-hydrogen) atoms. The van der Waals surface area contributed by atoms with Crippen molar-refractivity contribution in [2.45, 2.75) is 19.8 Å². The van der Waals surface area contributed by atoms with E-state index in [9.17, 15) is 19.7 Å². The fourth-order valence-electron chi connectivity index (χ4n) is 3.69. The van der Waals surface area contributed by atoms with Crippen LogP contribution in [0.15, 0.2) is 97.2 Å². The second-order valence-corrected chi connectivity index (χ2v) is 8.89. The summed E-state index contributed by atoms with van der Waals surface area (Å²) in [6.07, 6.45) is 5.92. The highest BCUT2D eigenvalue weighted by molar-refractivity contribution is 6.06. The summed E-state index contributed by atoms with van der Waals surface area (Å²) in [5.41, 5.74) is 2.68. The van der Waals surface area contributed by atoms with Crippen LogP contribution in [0.1, 0.15) is 45.2 Å². The van der Waals surface area contributed by atoms with E-state index in [-0.39, 0.29) is 18.1 Å². The van der Waals surface area contributed by atoms with Crippen LogP contribution in [-0.4, -0.2) is 34.9 Å². The maximum atomic E-state index is 12.4. The van der Waals surface area contributed by atoms with Crippen molar-refractivity contribution in [3.05, 3.63) is 130 Å². The Hall–Kier alpha value is -5.31. The Balaban J connectivity index is 1.18. The van der Waals surface area contributed by atoms with E-state index in [1.54, 1.807) is 48.5 Å². The lowest BCUT2D eigenvalue weighted by Crippen LogP contribution is -2.09. The van der Waals surface area contributed by atoms with Gasteiger partial charge in [-0.05, 0) is 78.2 Å². The standard InChI is InChI=1S/C32H28N2O7/c1-2-23-6-13-29(14-7-23)41-31-22-26(18-19-33-31)32(36)40-21-3-20-39-28-15-9-25(10-16-28)30(35)17-8-24-4-11-27(12-5-24)34(37)38/h4-19,22H,2-3,20-21H2,1H3/b17-8+. The number of hydrogen-bond acceptors (Lipinski definition) is 8. The number of rotatable bonds is 13. The summed E-state index contributed by atoms with van der Waals surface area (Å²) in [6, 6.07) is 23.4. The Bertz CT molecular complexity index is 1510. The maximum Gasteiger partial charge on any atom is 0.338 e. The van der Waals surface area contributed by atoms with Crippen molar-refractivity contribution < 1.29 is 28.7 Å². The number of ether oxygens (including phenoxy) is 3. The summed E-state index contributed by atoms with van der Waals surface area (Å²) >= 11 is 0. The third kappa shape index (κ3) is 8.59. The molecular weight excluding hydrogens is 524 g/mol. The molecule has 0 amide bonds. The van der Waals surface area contributed by atoms with Crippen molar-refractivity contribution in [2.24, 2.45) is 0 Å². The quantitative estimate of drug-likeness (QED) is 0.0440. The van der Waals surface area contributed by atoms with Gasteiger partial charge >= 0.3 is 5.97 Å². The first-order valence-electron chi connectivity index (χ1n) is 13.0. The van der Waals surface area contributed by atoms with Gasteiger partial charge in [0, 0.05) is 36.4 Å². The summed E-state index contributed by atoms with van der Waals surface area (Å²) in [6.45, 7) is 2.56. The summed E-state index contributed by atoms with van der Waals surface area (Å²) in [5, 5.41) is 10.7. The minimum atomic E-state index is -0.483. The number of nitro groups is 1. The van der Waals surface area contributed by atoms with E-state index < -0.39 is 10.9 Å². The van der Waals surface area contributed by atoms with Crippen LogP contribution >= 0.6 is 0 Å². The largest absolute Gasteiger partial charge is 0.493 e. The monoisotopic (exact) mass is 552 g/mol. The average molecular weight is 553 g/mol. The molecule has 0 bridgehead atoms. The number of non-ortho nitro benzene ring substituents is 1. The topological polar surface area (TPSA) is 118 Å². The van der Waals surface area contributed by atoms with Gasteiger partial charge in [0.1, 0.15) is 11.5 Å². The van der Waals surface area contributed by atoms with E-state index in [0.717, 1.165) is 6.42 Å². The van der Waals surface area contributed by atoms with Gasteiger partial charge in [-0.25, -0.2) is 9.78 Å². The molecule has 1 aromatic heterocycles. The number of carbonyl (C=O) groups is 2. The second kappa shape index (κ2) is 14.2. The highest BCUT2D eigenvalue weighted by Crippen LogP contribution is 2.21. The number of pyridine rings is 1. The van der Waals surface area contributed by atoms with Crippen LogP contribution in [0.4, 0.5) is 5.69 Å². The first-order chi connectivity index (χ1) is 19.9. The molecule has 0 aliphatic rings. The van der Waals surface area contributed by atoms with Gasteiger partial charge in [-0.3, -0.25) is 14.9 Å². The smallest absolute Gasteiger partial charge is 0.338 e. The van der Waals surface area contributed by atoms with Crippen LogP contribution in [0.25, 0.3) is 6.08 Å². The van der Waals surface area contributed by atoms with Gasteiger partial charge < -0.3 is 14.2 Å². The first kappa shape index (κ1) is 28.7. The van der Waals surface area contributed by atoms with Crippen LogP contribution in [0.3, 0.4) is 0 Å². The number of benzene rings is 3. The zero-order valence-corrected chi connectivity index (χ0v) is 22.4. The summed E-state index contributed by atoms with van der Waals surface area (Å²) < 4.78 is 16.8. The number of nitrogens with zero attached hydrogens (tertiary/aromatic N) is 2. The number of carbonyl (C=O) groups excluding carboxylic acids is 2. The van der Waals surface area contributed by atoms with Crippen LogP contribution in [0, 0.1) is 10.1 Å². The van der Waals surface area contributed by atoms with Gasteiger partial charge in [-0.15, -0.1) is 0 Å². The van der Waals surface area contributed by atoms with E-state index in [4.69, 9.17) is 14.2 Å². The number of ketones is 1. The number of aromatic nitrogens is 1. The molecule has 0 N–H and O–H groups in total. The first-order valence-corrected chi connectivity index (χ1v) is 13.0. The molecule has 9 nitrogen and oxygen atoms in total. The lowest BCUT2D eigenvalue weighted by molar-refractivity contribution is -0.384. The minimum Gasteiger partial charge on any atom is -0.493 e. The van der Waals surface area contributed by atoms with Crippen molar-refractivity contribution in [3.8, 4) is 17.4 Å². The molecule has 208 valence electrons. The fourth-order valence-corrected chi connectivity index (χ4v) is 3.69. The zero-order chi connectivity index (χ0) is 29.0. The molecule has 0 unspecified atom stereocenters. The highest BCUT2D eigenvalue weighted by atomic mass is 16.6. The molecule has 9 heteroatoms. The van der Waals surface area contributed by atoms with Gasteiger partial charge in [0.05, 0.1) is 23.7 Å². The van der Waals surface area contributed by atoms with Crippen LogP contribution < -0.4 is 9.47 Å². The van der Waals surface area contributed by atoms with Gasteiger partial charge in [0.25, 0.3) is 5.69 Å². The minimum absolute atomic E-state index is 0.00968. The Morgan fingerprint density at radius 3 is 2.27 bits per heavy atom. The predicted octanol–water partition coefficient (Wildman–Crippen LogP) is 6.87. The van der Waals surface area contributed by atoms with Crippen molar-refractivity contribution in [3.63, 3.8) is 0 Å². The van der Waals surface area contributed by atoms with Crippen molar-refractivity contribution in [1.29, 1.82) is 0 Å². The van der Waals surface area contributed by atoms with Gasteiger partial charge in [0.2, 0.25) is 5.88 Å². The van der Waals surface area contributed by atoms with Crippen LogP contribution in [-0.2, 0) is 11.2 Å².